The number of amides is 1. The Balaban J connectivity index is 1.85. The fraction of sp³-hybridized carbons (Fsp3) is 0.500. The second-order valence-electron chi connectivity index (χ2n) is 4.88. The van der Waals surface area contributed by atoms with E-state index >= 15 is 0 Å². The van der Waals surface area contributed by atoms with Crippen LogP contribution in [0.2, 0.25) is 5.02 Å². The first kappa shape index (κ1) is 15.2. The van der Waals surface area contributed by atoms with Crippen molar-refractivity contribution >= 4 is 23.2 Å². The molecule has 0 radical (unpaired) electrons. The van der Waals surface area contributed by atoms with Crippen molar-refractivity contribution < 1.29 is 9.18 Å². The Morgan fingerprint density at radius 1 is 1.30 bits per heavy atom. The Morgan fingerprint density at radius 3 is 2.60 bits per heavy atom. The molecule has 110 valence electrons. The number of piperazine rings is 1. The number of anilines is 1. The molecule has 1 saturated heterocycles. The maximum atomic E-state index is 13.5. The molecule has 4 nitrogen and oxygen atoms in total. The highest BCUT2D eigenvalue weighted by atomic mass is 35.5. The molecule has 6 heteroatoms. The standard InChI is InChI=1S/C14H19ClFN3O/c1-2-18-5-7-19(8-6-18)10-14(20)17-13-9-11(15)3-4-12(13)16/h3-4,9H,2,5-8,10H2,1H3,(H,17,20). The molecule has 0 bridgehead atoms. The van der Waals surface area contributed by atoms with E-state index in [0.29, 0.717) is 5.02 Å². The maximum absolute atomic E-state index is 13.5. The average molecular weight is 300 g/mol. The highest BCUT2D eigenvalue weighted by molar-refractivity contribution is 6.30. The van der Waals surface area contributed by atoms with Crippen LogP contribution in [0.1, 0.15) is 6.92 Å². The molecule has 0 unspecified atom stereocenters. The molecule has 1 fully saturated rings. The summed E-state index contributed by atoms with van der Waals surface area (Å²) in [6.45, 7) is 7.10. The zero-order valence-electron chi connectivity index (χ0n) is 11.5. The Kier molecular flexibility index (Phi) is 5.34. The Bertz CT molecular complexity index is 475. The molecule has 1 aromatic carbocycles. The van der Waals surface area contributed by atoms with Gasteiger partial charge in [0.25, 0.3) is 0 Å². The third-order valence-corrected chi connectivity index (χ3v) is 3.72. The summed E-state index contributed by atoms with van der Waals surface area (Å²) in [5.74, 6) is -0.685. The normalized spacial score (nSPS) is 17.1. The Morgan fingerprint density at radius 2 is 1.95 bits per heavy atom. The van der Waals surface area contributed by atoms with Gasteiger partial charge < -0.3 is 10.2 Å². The number of nitrogens with zero attached hydrogens (tertiary/aromatic N) is 2. The van der Waals surface area contributed by atoms with E-state index in [-0.39, 0.29) is 18.1 Å². The molecule has 0 aromatic heterocycles. The number of carbonyl (C=O) groups is 1. The monoisotopic (exact) mass is 299 g/mol. The summed E-state index contributed by atoms with van der Waals surface area (Å²) in [5, 5.41) is 2.97. The van der Waals surface area contributed by atoms with Gasteiger partial charge in [0, 0.05) is 31.2 Å². The van der Waals surface area contributed by atoms with Crippen LogP contribution in [0.3, 0.4) is 0 Å². The number of likely N-dealkylation sites (N-methyl/N-ethyl adjacent to an activating group) is 1. The second-order valence-corrected chi connectivity index (χ2v) is 5.32. The van der Waals surface area contributed by atoms with Crippen LogP contribution >= 0.6 is 11.6 Å². The van der Waals surface area contributed by atoms with Crippen LogP contribution in [0.4, 0.5) is 10.1 Å². The van der Waals surface area contributed by atoms with E-state index in [9.17, 15) is 9.18 Å². The number of hydrogen-bond acceptors (Lipinski definition) is 3. The lowest BCUT2D eigenvalue weighted by atomic mass is 10.3. The predicted molar refractivity (Wildman–Crippen MR) is 78.6 cm³/mol. The highest BCUT2D eigenvalue weighted by Crippen LogP contribution is 2.19. The lowest BCUT2D eigenvalue weighted by Crippen LogP contribution is -2.48. The highest BCUT2D eigenvalue weighted by Gasteiger charge is 2.18. The molecule has 20 heavy (non-hydrogen) atoms. The third kappa shape index (κ3) is 4.16. The fourth-order valence-corrected chi connectivity index (χ4v) is 2.42. The molecule has 1 aliphatic heterocycles. The van der Waals surface area contributed by atoms with Crippen molar-refractivity contribution in [2.45, 2.75) is 6.92 Å². The number of carbonyl (C=O) groups excluding carboxylic acids is 1. The molecule has 1 heterocycles. The number of benzene rings is 1. The van der Waals surface area contributed by atoms with E-state index in [1.54, 1.807) is 0 Å². The van der Waals surface area contributed by atoms with Gasteiger partial charge in [-0.25, -0.2) is 4.39 Å². The van der Waals surface area contributed by atoms with Gasteiger partial charge in [0.15, 0.2) is 0 Å². The van der Waals surface area contributed by atoms with E-state index in [1.165, 1.54) is 18.2 Å². The number of nitrogens with one attached hydrogen (secondary N) is 1. The Hall–Kier alpha value is -1.17. The van der Waals surface area contributed by atoms with Crippen LogP contribution in [0.15, 0.2) is 18.2 Å². The van der Waals surface area contributed by atoms with Crippen molar-refractivity contribution in [1.82, 2.24) is 9.80 Å². The lowest BCUT2D eigenvalue weighted by molar-refractivity contribution is -0.117. The van der Waals surface area contributed by atoms with Crippen molar-refractivity contribution in [3.8, 4) is 0 Å². The van der Waals surface area contributed by atoms with Crippen molar-refractivity contribution in [3.63, 3.8) is 0 Å². The number of hydrogen-bond donors (Lipinski definition) is 1. The van der Waals surface area contributed by atoms with Crippen LogP contribution in [0.5, 0.6) is 0 Å². The fourth-order valence-electron chi connectivity index (χ4n) is 2.25. The quantitative estimate of drug-likeness (QED) is 0.924. The van der Waals surface area contributed by atoms with E-state index in [2.05, 4.69) is 22.0 Å². The van der Waals surface area contributed by atoms with Gasteiger partial charge in [-0.05, 0) is 24.7 Å². The van der Waals surface area contributed by atoms with E-state index < -0.39 is 5.82 Å². The molecule has 0 aliphatic carbocycles. The predicted octanol–water partition coefficient (Wildman–Crippen LogP) is 2.06. The van der Waals surface area contributed by atoms with Gasteiger partial charge in [-0.15, -0.1) is 0 Å². The van der Waals surface area contributed by atoms with Crippen LogP contribution in [-0.2, 0) is 4.79 Å². The van der Waals surface area contributed by atoms with Gasteiger partial charge >= 0.3 is 0 Å². The summed E-state index contributed by atoms with van der Waals surface area (Å²) >= 11 is 5.79. The number of rotatable bonds is 4. The smallest absolute Gasteiger partial charge is 0.238 e. The molecule has 1 aromatic rings. The minimum atomic E-state index is -0.474. The molecule has 1 N–H and O–H groups in total. The first-order valence-corrected chi connectivity index (χ1v) is 7.16. The molecule has 0 spiro atoms. The van der Waals surface area contributed by atoms with Crippen molar-refractivity contribution in [1.29, 1.82) is 0 Å². The molecule has 1 amide bonds. The molecule has 0 atom stereocenters. The first-order valence-electron chi connectivity index (χ1n) is 6.78. The molecular weight excluding hydrogens is 281 g/mol. The van der Waals surface area contributed by atoms with Gasteiger partial charge in [0.1, 0.15) is 5.82 Å². The van der Waals surface area contributed by atoms with Gasteiger partial charge in [0.05, 0.1) is 12.2 Å². The summed E-state index contributed by atoms with van der Waals surface area (Å²) in [7, 11) is 0. The van der Waals surface area contributed by atoms with Crippen LogP contribution < -0.4 is 5.32 Å². The van der Waals surface area contributed by atoms with Crippen LogP contribution in [0, 0.1) is 5.82 Å². The van der Waals surface area contributed by atoms with Crippen LogP contribution in [-0.4, -0.2) is 55.0 Å². The van der Waals surface area contributed by atoms with E-state index in [1.807, 2.05) is 0 Å². The van der Waals surface area contributed by atoms with Crippen LogP contribution in [0.25, 0.3) is 0 Å². The summed E-state index contributed by atoms with van der Waals surface area (Å²) < 4.78 is 13.5. The first-order chi connectivity index (χ1) is 9.58. The topological polar surface area (TPSA) is 35.6 Å². The summed E-state index contributed by atoms with van der Waals surface area (Å²) in [6.07, 6.45) is 0. The van der Waals surface area contributed by atoms with Gasteiger partial charge in [-0.3, -0.25) is 9.69 Å². The van der Waals surface area contributed by atoms with Crippen molar-refractivity contribution in [2.24, 2.45) is 0 Å². The lowest BCUT2D eigenvalue weighted by Gasteiger charge is -2.33. The number of halogens is 2. The zero-order chi connectivity index (χ0) is 14.5. The van der Waals surface area contributed by atoms with Crippen molar-refractivity contribution in [3.05, 3.63) is 29.0 Å². The zero-order valence-corrected chi connectivity index (χ0v) is 12.3. The minimum Gasteiger partial charge on any atom is -0.322 e. The summed E-state index contributed by atoms with van der Waals surface area (Å²) in [6, 6.07) is 4.12. The molecule has 1 aliphatic rings. The molecular formula is C14H19ClFN3O. The van der Waals surface area contributed by atoms with Gasteiger partial charge in [-0.2, -0.15) is 0 Å². The minimum absolute atomic E-state index is 0.134. The third-order valence-electron chi connectivity index (χ3n) is 3.48. The Labute approximate surface area is 123 Å². The molecule has 0 saturated carbocycles. The SMILES string of the molecule is CCN1CCN(CC(=O)Nc2cc(Cl)ccc2F)CC1. The van der Waals surface area contributed by atoms with Gasteiger partial charge in [0.2, 0.25) is 5.91 Å². The van der Waals surface area contributed by atoms with E-state index in [4.69, 9.17) is 11.6 Å². The largest absolute Gasteiger partial charge is 0.322 e. The van der Waals surface area contributed by atoms with E-state index in [0.717, 1.165) is 32.7 Å². The van der Waals surface area contributed by atoms with Gasteiger partial charge in [-0.1, -0.05) is 18.5 Å². The summed E-state index contributed by atoms with van der Waals surface area (Å²) in [4.78, 5) is 16.3. The molecule has 2 rings (SSSR count). The van der Waals surface area contributed by atoms with Crippen molar-refractivity contribution in [2.75, 3.05) is 44.6 Å². The second kappa shape index (κ2) is 7.02. The summed E-state index contributed by atoms with van der Waals surface area (Å²) in [5.41, 5.74) is 0.134. The maximum Gasteiger partial charge on any atom is 0.238 e. The average Bonchev–Trinajstić information content (AvgIpc) is 2.43.